The molecule has 1 heterocycles. The Hall–Kier alpha value is -1.68. The van der Waals surface area contributed by atoms with E-state index in [0.717, 1.165) is 0 Å². The predicted molar refractivity (Wildman–Crippen MR) is 91.8 cm³/mol. The van der Waals surface area contributed by atoms with Crippen LogP contribution in [0.15, 0.2) is 29.2 Å². The third kappa shape index (κ3) is 4.69. The lowest BCUT2D eigenvalue weighted by atomic mass is 10.2. The Labute approximate surface area is 151 Å². The molecule has 138 valence electrons. The van der Waals surface area contributed by atoms with E-state index in [0.29, 0.717) is 18.1 Å². The van der Waals surface area contributed by atoms with Crippen LogP contribution >= 0.6 is 11.6 Å². The number of nitrogens with one attached hydrogen (secondary N) is 1. The number of sulfonamides is 1. The van der Waals surface area contributed by atoms with Crippen LogP contribution in [0.5, 0.6) is 0 Å². The number of carbonyl (C=O) groups is 2. The normalized spacial score (nSPS) is 17.7. The number of hydrogen-bond donors (Lipinski definition) is 1. The Kier molecular flexibility index (Phi) is 6.39. The lowest BCUT2D eigenvalue weighted by Gasteiger charge is -2.36. The van der Waals surface area contributed by atoms with Crippen LogP contribution in [0.4, 0.5) is 4.79 Å². The minimum Gasteiger partial charge on any atom is -0.453 e. The molecule has 0 saturated carbocycles. The van der Waals surface area contributed by atoms with Crippen molar-refractivity contribution in [3.05, 3.63) is 29.3 Å². The highest BCUT2D eigenvalue weighted by Gasteiger charge is 2.32. The van der Waals surface area contributed by atoms with E-state index in [4.69, 9.17) is 11.6 Å². The molecule has 1 aromatic rings. The summed E-state index contributed by atoms with van der Waals surface area (Å²) >= 11 is 5.79. The van der Waals surface area contributed by atoms with E-state index in [1.807, 2.05) is 4.90 Å². The molecule has 25 heavy (non-hydrogen) atoms. The molecule has 1 fully saturated rings. The SMILES string of the molecule is COC(=O)NC(=O)[C@H](C)N1CCN(S(=O)(=O)c2ccc(Cl)cc2)CC1. The van der Waals surface area contributed by atoms with Crippen LogP contribution < -0.4 is 5.32 Å². The first kappa shape index (κ1) is 19.6. The number of alkyl carbamates (subject to hydrolysis) is 1. The van der Waals surface area contributed by atoms with E-state index in [1.165, 1.54) is 35.7 Å². The summed E-state index contributed by atoms with van der Waals surface area (Å²) in [4.78, 5) is 25.0. The molecule has 0 bridgehead atoms. The Balaban J connectivity index is 1.98. The number of ether oxygens (including phenoxy) is 1. The average Bonchev–Trinajstić information content (AvgIpc) is 2.61. The van der Waals surface area contributed by atoms with E-state index in [-0.39, 0.29) is 18.0 Å². The van der Waals surface area contributed by atoms with Gasteiger partial charge in [0.1, 0.15) is 0 Å². The fourth-order valence-electron chi connectivity index (χ4n) is 2.51. The zero-order chi connectivity index (χ0) is 18.6. The van der Waals surface area contributed by atoms with Gasteiger partial charge < -0.3 is 4.74 Å². The van der Waals surface area contributed by atoms with Crippen molar-refractivity contribution in [2.75, 3.05) is 33.3 Å². The smallest absolute Gasteiger partial charge is 0.413 e. The summed E-state index contributed by atoms with van der Waals surface area (Å²) in [6, 6.07) is 5.43. The van der Waals surface area contributed by atoms with Gasteiger partial charge in [-0.15, -0.1) is 0 Å². The van der Waals surface area contributed by atoms with Gasteiger partial charge in [0.05, 0.1) is 18.0 Å². The van der Waals surface area contributed by atoms with Gasteiger partial charge in [0.2, 0.25) is 15.9 Å². The average molecular weight is 390 g/mol. The number of halogens is 1. The molecule has 1 N–H and O–H groups in total. The lowest BCUT2D eigenvalue weighted by molar-refractivity contribution is -0.125. The second-order valence-electron chi connectivity index (χ2n) is 5.55. The first-order valence-corrected chi connectivity index (χ1v) is 9.46. The molecule has 0 aliphatic carbocycles. The number of imide groups is 1. The highest BCUT2D eigenvalue weighted by Crippen LogP contribution is 2.20. The number of piperazine rings is 1. The summed E-state index contributed by atoms with van der Waals surface area (Å²) in [6.07, 6.45) is -0.819. The number of carbonyl (C=O) groups excluding carboxylic acids is 2. The molecule has 0 spiro atoms. The molecule has 1 aliphatic rings. The maximum atomic E-state index is 12.6. The fraction of sp³-hybridized carbons (Fsp3) is 0.467. The first-order chi connectivity index (χ1) is 11.8. The van der Waals surface area contributed by atoms with Crippen LogP contribution in [-0.4, -0.2) is 69.0 Å². The van der Waals surface area contributed by atoms with Gasteiger partial charge in [-0.25, -0.2) is 13.2 Å². The number of amides is 2. The van der Waals surface area contributed by atoms with Crippen LogP contribution in [0.2, 0.25) is 5.02 Å². The van der Waals surface area contributed by atoms with Crippen molar-refractivity contribution in [2.45, 2.75) is 17.9 Å². The molecule has 0 aromatic heterocycles. The van der Waals surface area contributed by atoms with Crippen molar-refractivity contribution in [2.24, 2.45) is 0 Å². The molecule has 0 unspecified atom stereocenters. The standard InChI is InChI=1S/C15H20ClN3O5S/c1-11(14(20)17-15(21)24-2)18-7-9-19(10-8-18)25(22,23)13-5-3-12(16)4-6-13/h3-6,11H,7-10H2,1-2H3,(H,17,20,21)/t11-/m0/s1. The van der Waals surface area contributed by atoms with Crippen LogP contribution in [0.1, 0.15) is 6.92 Å². The van der Waals surface area contributed by atoms with E-state index in [1.54, 1.807) is 6.92 Å². The Morgan fingerprint density at radius 2 is 1.72 bits per heavy atom. The molecule has 1 atom stereocenters. The molecule has 1 saturated heterocycles. The molecule has 10 heteroatoms. The summed E-state index contributed by atoms with van der Waals surface area (Å²) in [5.74, 6) is -0.485. The maximum Gasteiger partial charge on any atom is 0.413 e. The van der Waals surface area contributed by atoms with Gasteiger partial charge in [-0.3, -0.25) is 15.0 Å². The summed E-state index contributed by atoms with van der Waals surface area (Å²) in [5, 5.41) is 2.58. The number of benzene rings is 1. The molecule has 2 rings (SSSR count). The van der Waals surface area contributed by atoms with Gasteiger partial charge >= 0.3 is 6.09 Å². The minimum absolute atomic E-state index is 0.182. The third-order valence-corrected chi connectivity index (χ3v) is 6.23. The van der Waals surface area contributed by atoms with Crippen molar-refractivity contribution >= 4 is 33.6 Å². The summed E-state index contributed by atoms with van der Waals surface area (Å²) in [7, 11) is -2.42. The van der Waals surface area contributed by atoms with Gasteiger partial charge in [-0.1, -0.05) is 11.6 Å². The van der Waals surface area contributed by atoms with Crippen LogP contribution in [0.3, 0.4) is 0 Å². The number of nitrogens with zero attached hydrogens (tertiary/aromatic N) is 2. The van der Waals surface area contributed by atoms with Crippen LogP contribution in [0.25, 0.3) is 0 Å². The van der Waals surface area contributed by atoms with Crippen molar-refractivity contribution in [1.29, 1.82) is 0 Å². The number of methoxy groups -OCH3 is 1. The summed E-state index contributed by atoms with van der Waals surface area (Å²) in [5.41, 5.74) is 0. The minimum atomic E-state index is -3.60. The zero-order valence-electron chi connectivity index (χ0n) is 13.9. The quantitative estimate of drug-likeness (QED) is 0.822. The van der Waals surface area contributed by atoms with Crippen LogP contribution in [0, 0.1) is 0 Å². The van der Waals surface area contributed by atoms with Gasteiger partial charge in [0, 0.05) is 31.2 Å². The second kappa shape index (κ2) is 8.13. The highest BCUT2D eigenvalue weighted by atomic mass is 35.5. The molecule has 8 nitrogen and oxygen atoms in total. The topological polar surface area (TPSA) is 96.0 Å². The largest absolute Gasteiger partial charge is 0.453 e. The molecular formula is C15H20ClN3O5S. The van der Waals surface area contributed by atoms with E-state index in [2.05, 4.69) is 10.1 Å². The molecule has 1 aromatic carbocycles. The van der Waals surface area contributed by atoms with Crippen molar-refractivity contribution < 1.29 is 22.7 Å². The van der Waals surface area contributed by atoms with Gasteiger partial charge in [-0.2, -0.15) is 4.31 Å². The van der Waals surface area contributed by atoms with Crippen molar-refractivity contribution in [3.63, 3.8) is 0 Å². The molecular weight excluding hydrogens is 370 g/mol. The lowest BCUT2D eigenvalue weighted by Crippen LogP contribution is -2.55. The van der Waals surface area contributed by atoms with Crippen molar-refractivity contribution in [1.82, 2.24) is 14.5 Å². The van der Waals surface area contributed by atoms with E-state index < -0.39 is 28.1 Å². The van der Waals surface area contributed by atoms with E-state index >= 15 is 0 Å². The van der Waals surface area contributed by atoms with E-state index in [9.17, 15) is 18.0 Å². The Morgan fingerprint density at radius 1 is 1.16 bits per heavy atom. The first-order valence-electron chi connectivity index (χ1n) is 7.64. The predicted octanol–water partition coefficient (Wildman–Crippen LogP) is 0.917. The highest BCUT2D eigenvalue weighted by molar-refractivity contribution is 7.89. The molecule has 0 radical (unpaired) electrons. The number of rotatable bonds is 4. The molecule has 1 aliphatic heterocycles. The Bertz CT molecular complexity index is 730. The van der Waals surface area contributed by atoms with Gasteiger partial charge in [0.15, 0.2) is 0 Å². The van der Waals surface area contributed by atoms with Crippen LogP contribution in [-0.2, 0) is 19.6 Å². The number of hydrogen-bond acceptors (Lipinski definition) is 6. The summed E-state index contributed by atoms with van der Waals surface area (Å²) < 4.78 is 31.0. The fourth-order valence-corrected chi connectivity index (χ4v) is 4.06. The zero-order valence-corrected chi connectivity index (χ0v) is 15.5. The van der Waals surface area contributed by atoms with Gasteiger partial charge in [0.25, 0.3) is 0 Å². The summed E-state index contributed by atoms with van der Waals surface area (Å²) in [6.45, 7) is 2.91. The Morgan fingerprint density at radius 3 is 2.24 bits per heavy atom. The maximum absolute atomic E-state index is 12.6. The monoisotopic (exact) mass is 389 g/mol. The third-order valence-electron chi connectivity index (χ3n) is 4.06. The molecule has 2 amide bonds. The van der Waals surface area contributed by atoms with Gasteiger partial charge in [-0.05, 0) is 31.2 Å². The second-order valence-corrected chi connectivity index (χ2v) is 7.93. The van der Waals surface area contributed by atoms with Crippen molar-refractivity contribution in [3.8, 4) is 0 Å².